The standard InChI is InChI=1S/C22H20FN3O4/c1-26-5-4-11-6-12(2-3-16(11)26)20-13(23)7-14-15(25-20)8-19(24-14)30-18-10-29-21-17(27)9-28-22(18)21/h2-8,17-18,21-22,24,27H,9-10H2,1H3/t17-,18-,21?,22-/m1/s1. The fourth-order valence-electron chi connectivity index (χ4n) is 4.41. The third-order valence-corrected chi connectivity index (χ3v) is 5.95. The van der Waals surface area contributed by atoms with Gasteiger partial charge in [-0.1, -0.05) is 6.07 Å². The fourth-order valence-corrected chi connectivity index (χ4v) is 4.41. The SMILES string of the molecule is Cn1ccc2cc(-c3nc4cc(O[C@@H]5COC6[C@H](O)CO[C@@H]65)[nH]c4cc3F)ccc21. The highest BCUT2D eigenvalue weighted by Gasteiger charge is 2.48. The van der Waals surface area contributed by atoms with Gasteiger partial charge < -0.3 is 28.9 Å². The number of nitrogens with zero attached hydrogens (tertiary/aromatic N) is 2. The van der Waals surface area contributed by atoms with Gasteiger partial charge in [-0.15, -0.1) is 0 Å². The van der Waals surface area contributed by atoms with E-state index in [0.717, 1.165) is 16.5 Å². The molecular weight excluding hydrogens is 389 g/mol. The first kappa shape index (κ1) is 17.9. The molecule has 2 saturated heterocycles. The Morgan fingerprint density at radius 2 is 2.03 bits per heavy atom. The molecule has 2 N–H and O–H groups in total. The molecule has 30 heavy (non-hydrogen) atoms. The number of aryl methyl sites for hydroxylation is 1. The number of pyridine rings is 1. The van der Waals surface area contributed by atoms with Crippen molar-refractivity contribution in [1.82, 2.24) is 14.5 Å². The van der Waals surface area contributed by atoms with Crippen molar-refractivity contribution in [1.29, 1.82) is 0 Å². The maximum atomic E-state index is 14.8. The average molecular weight is 409 g/mol. The van der Waals surface area contributed by atoms with Gasteiger partial charge in [-0.3, -0.25) is 0 Å². The van der Waals surface area contributed by atoms with Crippen LogP contribution in [0.2, 0.25) is 0 Å². The van der Waals surface area contributed by atoms with Crippen molar-refractivity contribution in [2.75, 3.05) is 13.2 Å². The molecule has 5 heterocycles. The second kappa shape index (κ2) is 6.53. The summed E-state index contributed by atoms with van der Waals surface area (Å²) < 4.78 is 34.0. The number of fused-ring (bicyclic) bond motifs is 3. The molecule has 3 aromatic heterocycles. The third kappa shape index (κ3) is 2.72. The van der Waals surface area contributed by atoms with Crippen molar-refractivity contribution in [2.24, 2.45) is 7.05 Å². The summed E-state index contributed by atoms with van der Waals surface area (Å²) in [4.78, 5) is 7.60. The lowest BCUT2D eigenvalue weighted by atomic mass is 10.1. The predicted octanol–water partition coefficient (Wildman–Crippen LogP) is 2.77. The van der Waals surface area contributed by atoms with Crippen molar-refractivity contribution in [3.05, 3.63) is 48.4 Å². The molecule has 0 amide bonds. The van der Waals surface area contributed by atoms with E-state index < -0.39 is 11.9 Å². The lowest BCUT2D eigenvalue weighted by Gasteiger charge is -2.16. The summed E-state index contributed by atoms with van der Waals surface area (Å²) in [6.45, 7) is 0.565. The second-order valence-corrected chi connectivity index (χ2v) is 7.90. The molecule has 2 aliphatic rings. The third-order valence-electron chi connectivity index (χ3n) is 5.95. The number of H-pyrrole nitrogens is 1. The molecule has 0 saturated carbocycles. The lowest BCUT2D eigenvalue weighted by molar-refractivity contribution is 0.00794. The highest BCUT2D eigenvalue weighted by atomic mass is 19.1. The van der Waals surface area contributed by atoms with Crippen LogP contribution in [-0.2, 0) is 16.5 Å². The molecule has 8 heteroatoms. The largest absolute Gasteiger partial charge is 0.470 e. The zero-order chi connectivity index (χ0) is 20.4. The van der Waals surface area contributed by atoms with Gasteiger partial charge in [0.25, 0.3) is 0 Å². The number of nitrogens with one attached hydrogen (secondary N) is 1. The predicted molar refractivity (Wildman–Crippen MR) is 108 cm³/mol. The number of aliphatic hydroxyl groups excluding tert-OH is 1. The average Bonchev–Trinajstić information content (AvgIpc) is 3.48. The molecule has 154 valence electrons. The molecule has 4 aromatic rings. The van der Waals surface area contributed by atoms with Crippen molar-refractivity contribution >= 4 is 21.9 Å². The van der Waals surface area contributed by atoms with E-state index in [0.29, 0.717) is 29.2 Å². The molecule has 0 bridgehead atoms. The van der Waals surface area contributed by atoms with Gasteiger partial charge in [-0.25, -0.2) is 9.37 Å². The molecule has 2 fully saturated rings. The van der Waals surface area contributed by atoms with Gasteiger partial charge in [0.2, 0.25) is 0 Å². The molecule has 0 spiro atoms. The van der Waals surface area contributed by atoms with Crippen molar-refractivity contribution < 1.29 is 23.7 Å². The number of aromatic nitrogens is 3. The first-order chi connectivity index (χ1) is 14.6. The van der Waals surface area contributed by atoms with Gasteiger partial charge in [0.05, 0.1) is 24.2 Å². The summed E-state index contributed by atoms with van der Waals surface area (Å²) in [7, 11) is 1.98. The molecule has 1 aromatic carbocycles. The fraction of sp³-hybridized carbons (Fsp3) is 0.318. The van der Waals surface area contributed by atoms with Crippen molar-refractivity contribution in [3.63, 3.8) is 0 Å². The topological polar surface area (TPSA) is 81.5 Å². The Hall–Kier alpha value is -2.94. The highest BCUT2D eigenvalue weighted by molar-refractivity contribution is 5.87. The minimum Gasteiger partial charge on any atom is -0.470 e. The van der Waals surface area contributed by atoms with Gasteiger partial charge in [0.15, 0.2) is 17.8 Å². The normalized spacial score (nSPS) is 26.0. The van der Waals surface area contributed by atoms with E-state index in [1.165, 1.54) is 6.07 Å². The Morgan fingerprint density at radius 1 is 1.17 bits per heavy atom. The summed E-state index contributed by atoms with van der Waals surface area (Å²) in [5.41, 5.74) is 3.25. The van der Waals surface area contributed by atoms with Crippen LogP contribution >= 0.6 is 0 Å². The number of ether oxygens (including phenoxy) is 3. The van der Waals surface area contributed by atoms with Crippen LogP contribution in [0, 0.1) is 5.82 Å². The summed E-state index contributed by atoms with van der Waals surface area (Å²) in [5.74, 6) is 0.0597. The molecule has 7 nitrogen and oxygen atoms in total. The van der Waals surface area contributed by atoms with E-state index in [2.05, 4.69) is 9.97 Å². The Kier molecular flexibility index (Phi) is 3.89. The van der Waals surface area contributed by atoms with Crippen LogP contribution in [0.1, 0.15) is 0 Å². The van der Waals surface area contributed by atoms with Crippen LogP contribution in [0.5, 0.6) is 5.88 Å². The zero-order valence-corrected chi connectivity index (χ0v) is 16.2. The number of rotatable bonds is 3. The van der Waals surface area contributed by atoms with E-state index in [1.54, 1.807) is 6.07 Å². The van der Waals surface area contributed by atoms with Crippen LogP contribution in [0.3, 0.4) is 0 Å². The van der Waals surface area contributed by atoms with Gasteiger partial charge in [0, 0.05) is 41.8 Å². The molecule has 2 aliphatic heterocycles. The number of hydrogen-bond acceptors (Lipinski definition) is 5. The molecule has 6 rings (SSSR count). The van der Waals surface area contributed by atoms with E-state index in [4.69, 9.17) is 14.2 Å². The maximum Gasteiger partial charge on any atom is 0.193 e. The highest BCUT2D eigenvalue weighted by Crippen LogP contribution is 2.32. The van der Waals surface area contributed by atoms with Gasteiger partial charge >= 0.3 is 0 Å². The van der Waals surface area contributed by atoms with Gasteiger partial charge in [-0.05, 0) is 18.2 Å². The molecular formula is C22H20FN3O4. The van der Waals surface area contributed by atoms with Gasteiger partial charge in [-0.2, -0.15) is 0 Å². The van der Waals surface area contributed by atoms with Crippen LogP contribution in [0.25, 0.3) is 33.2 Å². The number of aromatic amines is 1. The maximum absolute atomic E-state index is 14.8. The summed E-state index contributed by atoms with van der Waals surface area (Å²) in [5, 5.41) is 10.9. The van der Waals surface area contributed by atoms with Crippen LogP contribution < -0.4 is 4.74 Å². The molecule has 4 atom stereocenters. The number of aliphatic hydroxyl groups is 1. The molecule has 0 aliphatic carbocycles. The van der Waals surface area contributed by atoms with Crippen molar-refractivity contribution in [3.8, 4) is 17.1 Å². The first-order valence-electron chi connectivity index (χ1n) is 9.89. The Labute approximate surface area is 171 Å². The molecule has 0 radical (unpaired) electrons. The Morgan fingerprint density at radius 3 is 2.93 bits per heavy atom. The van der Waals surface area contributed by atoms with Crippen LogP contribution in [0.4, 0.5) is 4.39 Å². The lowest BCUT2D eigenvalue weighted by Crippen LogP contribution is -2.34. The Bertz CT molecular complexity index is 1270. The summed E-state index contributed by atoms with van der Waals surface area (Å²) in [6, 6.07) is 11.0. The quantitative estimate of drug-likeness (QED) is 0.544. The van der Waals surface area contributed by atoms with E-state index in [-0.39, 0.29) is 24.9 Å². The Balaban J connectivity index is 1.32. The van der Waals surface area contributed by atoms with Crippen molar-refractivity contribution in [2.45, 2.75) is 24.4 Å². The van der Waals surface area contributed by atoms with E-state index in [9.17, 15) is 9.50 Å². The first-order valence-corrected chi connectivity index (χ1v) is 9.89. The monoisotopic (exact) mass is 409 g/mol. The summed E-state index contributed by atoms with van der Waals surface area (Å²) >= 11 is 0. The minimum atomic E-state index is -0.633. The second-order valence-electron chi connectivity index (χ2n) is 7.90. The molecule has 1 unspecified atom stereocenters. The number of halogens is 1. The van der Waals surface area contributed by atoms with Gasteiger partial charge in [0.1, 0.15) is 24.0 Å². The smallest absolute Gasteiger partial charge is 0.193 e. The number of hydrogen-bond donors (Lipinski definition) is 2. The van der Waals surface area contributed by atoms with E-state index >= 15 is 0 Å². The summed E-state index contributed by atoms with van der Waals surface area (Å²) in [6.07, 6.45) is 0.317. The van der Waals surface area contributed by atoms with Crippen LogP contribution in [-0.4, -0.2) is 57.3 Å². The van der Waals surface area contributed by atoms with E-state index in [1.807, 2.05) is 42.1 Å². The van der Waals surface area contributed by atoms with Crippen LogP contribution in [0.15, 0.2) is 42.6 Å². The number of benzene rings is 1. The zero-order valence-electron chi connectivity index (χ0n) is 16.2. The minimum absolute atomic E-state index is 0.240.